The summed E-state index contributed by atoms with van der Waals surface area (Å²) in [5.41, 5.74) is 6.43. The van der Waals surface area contributed by atoms with Gasteiger partial charge in [-0.2, -0.15) is 0 Å². The van der Waals surface area contributed by atoms with Gasteiger partial charge in [-0.25, -0.2) is 4.98 Å². The molecule has 1 aromatic heterocycles. The van der Waals surface area contributed by atoms with Crippen molar-refractivity contribution in [3.8, 4) is 0 Å². The van der Waals surface area contributed by atoms with Gasteiger partial charge in [0.15, 0.2) is 0 Å². The molecule has 0 unspecified atom stereocenters. The van der Waals surface area contributed by atoms with E-state index in [1.807, 2.05) is 18.9 Å². The number of pyridine rings is 1. The van der Waals surface area contributed by atoms with Crippen molar-refractivity contribution in [3.05, 3.63) is 35.0 Å². The molecule has 0 bridgehead atoms. The van der Waals surface area contributed by atoms with E-state index in [0.717, 1.165) is 5.57 Å². The van der Waals surface area contributed by atoms with Crippen molar-refractivity contribution in [1.29, 1.82) is 0 Å². The van der Waals surface area contributed by atoms with Crippen molar-refractivity contribution in [2.45, 2.75) is 6.92 Å². The van der Waals surface area contributed by atoms with Crippen LogP contribution in [0.1, 0.15) is 17.3 Å². The van der Waals surface area contributed by atoms with Gasteiger partial charge in [-0.1, -0.05) is 23.8 Å². The molecular formula is C11H14ClN3O. The van der Waals surface area contributed by atoms with E-state index in [1.165, 1.54) is 12.3 Å². The summed E-state index contributed by atoms with van der Waals surface area (Å²) in [6.07, 6.45) is 1.42. The van der Waals surface area contributed by atoms with Crippen LogP contribution in [0.15, 0.2) is 24.4 Å². The van der Waals surface area contributed by atoms with Crippen LogP contribution in [0.2, 0.25) is 5.02 Å². The van der Waals surface area contributed by atoms with Crippen LogP contribution in [-0.4, -0.2) is 24.5 Å². The summed E-state index contributed by atoms with van der Waals surface area (Å²) in [6, 6.07) is 1.52. The lowest BCUT2D eigenvalue weighted by Gasteiger charge is -2.19. The molecule has 1 aromatic rings. The molecule has 0 saturated carbocycles. The Morgan fingerprint density at radius 2 is 2.31 bits per heavy atom. The number of nitrogens with zero attached hydrogens (tertiary/aromatic N) is 2. The third-order valence-electron chi connectivity index (χ3n) is 1.97. The van der Waals surface area contributed by atoms with E-state index < -0.39 is 5.91 Å². The Morgan fingerprint density at radius 1 is 1.69 bits per heavy atom. The number of nitrogens with two attached hydrogens (primary N) is 1. The third kappa shape index (κ3) is 2.97. The number of carbonyl (C=O) groups is 1. The predicted molar refractivity (Wildman–Crippen MR) is 65.8 cm³/mol. The lowest BCUT2D eigenvalue weighted by atomic mass is 10.2. The Balaban J connectivity index is 2.98. The number of likely N-dealkylation sites (N-methyl/N-ethyl adjacent to an activating group) is 1. The fourth-order valence-electron chi connectivity index (χ4n) is 1.33. The molecule has 0 aliphatic carbocycles. The van der Waals surface area contributed by atoms with Gasteiger partial charge in [-0.3, -0.25) is 4.79 Å². The van der Waals surface area contributed by atoms with E-state index in [0.29, 0.717) is 22.9 Å². The number of amides is 1. The van der Waals surface area contributed by atoms with Gasteiger partial charge in [0, 0.05) is 19.8 Å². The van der Waals surface area contributed by atoms with Crippen LogP contribution in [0, 0.1) is 0 Å². The first kappa shape index (κ1) is 12.5. The minimum Gasteiger partial charge on any atom is -0.366 e. The molecule has 1 amide bonds. The zero-order valence-corrected chi connectivity index (χ0v) is 10.1. The first-order valence-corrected chi connectivity index (χ1v) is 5.10. The van der Waals surface area contributed by atoms with Crippen LogP contribution >= 0.6 is 11.6 Å². The highest BCUT2D eigenvalue weighted by Gasteiger charge is 2.10. The van der Waals surface area contributed by atoms with Gasteiger partial charge in [0.2, 0.25) is 5.91 Å². The molecule has 0 spiro atoms. The fourth-order valence-corrected chi connectivity index (χ4v) is 1.64. The molecule has 0 aliphatic rings. The molecule has 0 radical (unpaired) electrons. The Morgan fingerprint density at radius 3 is 2.75 bits per heavy atom. The van der Waals surface area contributed by atoms with Gasteiger partial charge >= 0.3 is 0 Å². The fraction of sp³-hybridized carbons (Fsp3) is 0.273. The maximum Gasteiger partial charge on any atom is 0.250 e. The highest BCUT2D eigenvalue weighted by Crippen LogP contribution is 2.23. The number of hydrogen-bond acceptors (Lipinski definition) is 3. The Kier molecular flexibility index (Phi) is 3.90. The molecule has 4 nitrogen and oxygen atoms in total. The first-order valence-electron chi connectivity index (χ1n) is 4.72. The van der Waals surface area contributed by atoms with Gasteiger partial charge in [0.1, 0.15) is 5.82 Å². The zero-order chi connectivity index (χ0) is 12.3. The second kappa shape index (κ2) is 4.99. The highest BCUT2D eigenvalue weighted by molar-refractivity contribution is 6.33. The third-order valence-corrected chi connectivity index (χ3v) is 2.25. The molecule has 0 atom stereocenters. The summed E-state index contributed by atoms with van der Waals surface area (Å²) in [5, 5.41) is 0.403. The van der Waals surface area contributed by atoms with Crippen molar-refractivity contribution >= 4 is 23.3 Å². The van der Waals surface area contributed by atoms with Crippen LogP contribution in [-0.2, 0) is 0 Å². The maximum atomic E-state index is 10.9. The van der Waals surface area contributed by atoms with Crippen molar-refractivity contribution in [1.82, 2.24) is 4.98 Å². The molecular weight excluding hydrogens is 226 g/mol. The average molecular weight is 240 g/mol. The quantitative estimate of drug-likeness (QED) is 0.816. The predicted octanol–water partition coefficient (Wildman–Crippen LogP) is 1.85. The van der Waals surface area contributed by atoms with Crippen LogP contribution in [0.25, 0.3) is 0 Å². The number of halogens is 1. The van der Waals surface area contributed by atoms with E-state index in [4.69, 9.17) is 17.3 Å². The van der Waals surface area contributed by atoms with E-state index in [2.05, 4.69) is 11.6 Å². The summed E-state index contributed by atoms with van der Waals surface area (Å²) >= 11 is 6.01. The molecule has 0 aromatic carbocycles. The minimum absolute atomic E-state index is 0.303. The largest absolute Gasteiger partial charge is 0.366 e. The second-order valence-electron chi connectivity index (χ2n) is 3.71. The standard InChI is InChI=1S/C11H14ClN3O/c1-7(2)6-15(3)11-9(12)4-8(5-14-11)10(13)16/h4-5H,1,6H2,2-3H3,(H2,13,16). The monoisotopic (exact) mass is 239 g/mol. The molecule has 0 fully saturated rings. The molecule has 1 heterocycles. The molecule has 2 N–H and O–H groups in total. The summed E-state index contributed by atoms with van der Waals surface area (Å²) in [6.45, 7) is 6.38. The minimum atomic E-state index is -0.538. The number of hydrogen-bond donors (Lipinski definition) is 1. The number of primary amides is 1. The summed E-state index contributed by atoms with van der Waals surface area (Å²) in [7, 11) is 1.85. The van der Waals surface area contributed by atoms with Crippen molar-refractivity contribution in [3.63, 3.8) is 0 Å². The molecule has 5 heteroatoms. The van der Waals surface area contributed by atoms with Crippen molar-refractivity contribution < 1.29 is 4.79 Å². The molecule has 1 rings (SSSR count). The number of aromatic nitrogens is 1. The van der Waals surface area contributed by atoms with E-state index in [1.54, 1.807) is 0 Å². The van der Waals surface area contributed by atoms with Crippen LogP contribution in [0.3, 0.4) is 0 Å². The van der Waals surface area contributed by atoms with Crippen molar-refractivity contribution in [2.75, 3.05) is 18.5 Å². The Hall–Kier alpha value is -1.55. The van der Waals surface area contributed by atoms with Gasteiger partial charge in [0.05, 0.1) is 10.6 Å². The molecule has 0 aliphatic heterocycles. The van der Waals surface area contributed by atoms with Gasteiger partial charge in [-0.15, -0.1) is 0 Å². The van der Waals surface area contributed by atoms with E-state index in [-0.39, 0.29) is 0 Å². The molecule has 16 heavy (non-hydrogen) atoms. The SMILES string of the molecule is C=C(C)CN(C)c1ncc(C(N)=O)cc1Cl. The summed E-state index contributed by atoms with van der Waals surface area (Å²) < 4.78 is 0. The van der Waals surface area contributed by atoms with E-state index in [9.17, 15) is 4.79 Å². The number of carbonyl (C=O) groups excluding carboxylic acids is 1. The van der Waals surface area contributed by atoms with Crippen LogP contribution < -0.4 is 10.6 Å². The topological polar surface area (TPSA) is 59.2 Å². The molecule has 0 saturated heterocycles. The maximum absolute atomic E-state index is 10.9. The Bertz CT molecular complexity index is 431. The van der Waals surface area contributed by atoms with Crippen molar-refractivity contribution in [2.24, 2.45) is 5.73 Å². The normalized spacial score (nSPS) is 9.94. The van der Waals surface area contributed by atoms with Gasteiger partial charge < -0.3 is 10.6 Å². The molecule has 86 valence electrons. The Labute approximate surface area is 99.7 Å². The highest BCUT2D eigenvalue weighted by atomic mass is 35.5. The summed E-state index contributed by atoms with van der Waals surface area (Å²) in [4.78, 5) is 16.9. The van der Waals surface area contributed by atoms with E-state index >= 15 is 0 Å². The van der Waals surface area contributed by atoms with Gasteiger partial charge in [-0.05, 0) is 13.0 Å². The lowest BCUT2D eigenvalue weighted by molar-refractivity contribution is 0.1000. The number of rotatable bonds is 4. The lowest BCUT2D eigenvalue weighted by Crippen LogP contribution is -2.21. The van der Waals surface area contributed by atoms with Gasteiger partial charge in [0.25, 0.3) is 0 Å². The summed E-state index contributed by atoms with van der Waals surface area (Å²) in [5.74, 6) is 0.0678. The number of anilines is 1. The first-order chi connectivity index (χ1) is 7.41. The van der Waals surface area contributed by atoms with Crippen LogP contribution in [0.4, 0.5) is 5.82 Å². The average Bonchev–Trinajstić information content (AvgIpc) is 2.15. The van der Waals surface area contributed by atoms with Crippen LogP contribution in [0.5, 0.6) is 0 Å². The smallest absolute Gasteiger partial charge is 0.250 e. The zero-order valence-electron chi connectivity index (χ0n) is 9.33. The second-order valence-corrected chi connectivity index (χ2v) is 4.11.